The molecule has 9 heteroatoms. The molecule has 6 nitrogen and oxygen atoms in total. The highest BCUT2D eigenvalue weighted by Crippen LogP contribution is 2.25. The topological polar surface area (TPSA) is 66.0 Å². The summed E-state index contributed by atoms with van der Waals surface area (Å²) in [5.41, 5.74) is 0.452. The Balaban J connectivity index is 1.94. The molecule has 0 atom stereocenters. The number of likely N-dealkylation sites (tertiary alicyclic amines) is 1. The van der Waals surface area contributed by atoms with Crippen LogP contribution in [0.15, 0.2) is 23.2 Å². The number of nitrogens with zero attached hydrogens (tertiary/aromatic N) is 2. The highest BCUT2D eigenvalue weighted by molar-refractivity contribution is 6.30. The van der Waals surface area contributed by atoms with Crippen molar-refractivity contribution in [3.05, 3.63) is 28.8 Å². The molecule has 1 saturated heterocycles. The maximum atomic E-state index is 12.5. The summed E-state index contributed by atoms with van der Waals surface area (Å²) in [6.07, 6.45) is 2.50. The zero-order chi connectivity index (χ0) is 19.6. The summed E-state index contributed by atoms with van der Waals surface area (Å²) in [7, 11) is 0. The van der Waals surface area contributed by atoms with Crippen molar-refractivity contribution >= 4 is 23.5 Å². The third kappa shape index (κ3) is 7.21. The maximum Gasteiger partial charge on any atom is 0.387 e. The van der Waals surface area contributed by atoms with Gasteiger partial charge in [-0.15, -0.1) is 0 Å². The van der Waals surface area contributed by atoms with Crippen LogP contribution in [0.1, 0.15) is 31.7 Å². The molecule has 0 saturated carbocycles. The molecular weight excluding hydrogens is 378 g/mol. The first-order chi connectivity index (χ1) is 13.0. The fraction of sp³-hybridized carbons (Fsp3) is 0.556. The number of benzene rings is 1. The van der Waals surface area contributed by atoms with Gasteiger partial charge in [0.2, 0.25) is 5.91 Å². The van der Waals surface area contributed by atoms with E-state index in [0.29, 0.717) is 36.1 Å². The molecule has 2 rings (SSSR count). The number of hydrogen-bond acceptors (Lipinski definition) is 3. The molecule has 1 aliphatic heterocycles. The smallest absolute Gasteiger partial charge is 0.387 e. The predicted octanol–water partition coefficient (Wildman–Crippen LogP) is 3.01. The Morgan fingerprint density at radius 2 is 2.07 bits per heavy atom. The molecule has 0 unspecified atom stereocenters. The van der Waals surface area contributed by atoms with Gasteiger partial charge in [-0.25, -0.2) is 4.99 Å². The van der Waals surface area contributed by atoms with E-state index in [1.165, 1.54) is 12.1 Å². The highest BCUT2D eigenvalue weighted by atomic mass is 35.5. The van der Waals surface area contributed by atoms with Gasteiger partial charge in [0, 0.05) is 43.2 Å². The number of rotatable bonds is 8. The fourth-order valence-electron chi connectivity index (χ4n) is 2.80. The van der Waals surface area contributed by atoms with Crippen molar-refractivity contribution in [2.75, 3.05) is 26.2 Å². The van der Waals surface area contributed by atoms with Crippen LogP contribution in [-0.4, -0.2) is 49.6 Å². The van der Waals surface area contributed by atoms with Crippen molar-refractivity contribution in [3.63, 3.8) is 0 Å². The van der Waals surface area contributed by atoms with E-state index in [-0.39, 0.29) is 18.2 Å². The Kier molecular flexibility index (Phi) is 8.57. The number of alkyl halides is 2. The molecule has 1 aromatic rings. The summed E-state index contributed by atoms with van der Waals surface area (Å²) in [4.78, 5) is 18.3. The molecule has 1 aliphatic rings. The predicted molar refractivity (Wildman–Crippen MR) is 101 cm³/mol. The molecule has 0 spiro atoms. The normalized spacial score (nSPS) is 14.6. The summed E-state index contributed by atoms with van der Waals surface area (Å²) >= 11 is 5.95. The van der Waals surface area contributed by atoms with Crippen LogP contribution in [0.3, 0.4) is 0 Å². The summed E-state index contributed by atoms with van der Waals surface area (Å²) in [5, 5.41) is 6.57. The van der Waals surface area contributed by atoms with Crippen molar-refractivity contribution in [3.8, 4) is 5.75 Å². The third-order valence-corrected chi connectivity index (χ3v) is 4.32. The minimum absolute atomic E-state index is 0.0400. The number of carbonyl (C=O) groups is 1. The van der Waals surface area contributed by atoms with E-state index in [4.69, 9.17) is 11.6 Å². The minimum atomic E-state index is -2.92. The van der Waals surface area contributed by atoms with E-state index >= 15 is 0 Å². The SMILES string of the molecule is CCNC(=NCc1cc(Cl)ccc1OC(F)F)NCCC(=O)N1CCCC1. The van der Waals surface area contributed by atoms with E-state index < -0.39 is 6.61 Å². The van der Waals surface area contributed by atoms with Crippen LogP contribution in [0, 0.1) is 0 Å². The molecule has 0 radical (unpaired) electrons. The van der Waals surface area contributed by atoms with Gasteiger partial charge in [0.15, 0.2) is 5.96 Å². The van der Waals surface area contributed by atoms with E-state index in [1.54, 1.807) is 6.07 Å². The fourth-order valence-corrected chi connectivity index (χ4v) is 3.00. The molecule has 27 heavy (non-hydrogen) atoms. The van der Waals surface area contributed by atoms with Gasteiger partial charge in [-0.2, -0.15) is 8.78 Å². The van der Waals surface area contributed by atoms with Gasteiger partial charge in [0.1, 0.15) is 5.75 Å². The zero-order valence-electron chi connectivity index (χ0n) is 15.3. The van der Waals surface area contributed by atoms with Gasteiger partial charge in [0.25, 0.3) is 0 Å². The minimum Gasteiger partial charge on any atom is -0.434 e. The first-order valence-corrected chi connectivity index (χ1v) is 9.40. The molecule has 0 aliphatic carbocycles. The van der Waals surface area contributed by atoms with Gasteiger partial charge in [0.05, 0.1) is 6.54 Å². The lowest BCUT2D eigenvalue weighted by Gasteiger charge is -2.16. The van der Waals surface area contributed by atoms with Crippen molar-refractivity contribution in [1.29, 1.82) is 0 Å². The first kappa shape index (κ1) is 21.2. The lowest BCUT2D eigenvalue weighted by Crippen LogP contribution is -2.39. The van der Waals surface area contributed by atoms with Gasteiger partial charge in [-0.3, -0.25) is 4.79 Å². The molecule has 1 fully saturated rings. The Morgan fingerprint density at radius 3 is 2.74 bits per heavy atom. The van der Waals surface area contributed by atoms with Crippen LogP contribution in [0.25, 0.3) is 0 Å². The third-order valence-electron chi connectivity index (χ3n) is 4.08. The number of halogens is 3. The van der Waals surface area contributed by atoms with Crippen LogP contribution >= 0.6 is 11.6 Å². The number of aliphatic imine (C=N–C) groups is 1. The van der Waals surface area contributed by atoms with E-state index in [2.05, 4.69) is 20.4 Å². The molecule has 2 N–H and O–H groups in total. The standard InChI is InChI=1S/C18H25ClF2N4O2/c1-2-22-18(23-8-7-16(26)25-9-3-4-10-25)24-12-13-11-14(19)5-6-15(13)27-17(20)21/h5-6,11,17H,2-4,7-10,12H2,1H3,(H2,22,23,24). The Morgan fingerprint density at radius 1 is 1.33 bits per heavy atom. The quantitative estimate of drug-likeness (QED) is 0.518. The molecule has 1 aromatic carbocycles. The number of nitrogens with one attached hydrogen (secondary N) is 2. The van der Waals surface area contributed by atoms with Gasteiger partial charge >= 0.3 is 6.61 Å². The number of ether oxygens (including phenoxy) is 1. The Bertz CT molecular complexity index is 652. The maximum absolute atomic E-state index is 12.5. The van der Waals surface area contributed by atoms with E-state index in [1.807, 2.05) is 11.8 Å². The molecule has 1 amide bonds. The number of amides is 1. The van der Waals surface area contributed by atoms with Gasteiger partial charge < -0.3 is 20.3 Å². The highest BCUT2D eigenvalue weighted by Gasteiger charge is 2.17. The van der Waals surface area contributed by atoms with Crippen LogP contribution in [-0.2, 0) is 11.3 Å². The zero-order valence-corrected chi connectivity index (χ0v) is 16.1. The Labute approximate surface area is 162 Å². The lowest BCUT2D eigenvalue weighted by atomic mass is 10.2. The Hall–Kier alpha value is -2.09. The average Bonchev–Trinajstić information content (AvgIpc) is 3.16. The number of hydrogen-bond donors (Lipinski definition) is 2. The second kappa shape index (κ2) is 10.9. The molecular formula is C18H25ClF2N4O2. The molecule has 0 bridgehead atoms. The van der Waals surface area contributed by atoms with Crippen LogP contribution < -0.4 is 15.4 Å². The summed E-state index contributed by atoms with van der Waals surface area (Å²) < 4.78 is 29.6. The van der Waals surface area contributed by atoms with Crippen LogP contribution in [0.4, 0.5) is 8.78 Å². The number of guanidine groups is 1. The molecule has 1 heterocycles. The first-order valence-electron chi connectivity index (χ1n) is 9.02. The average molecular weight is 403 g/mol. The number of carbonyl (C=O) groups excluding carboxylic acids is 1. The second-order valence-electron chi connectivity index (χ2n) is 6.09. The molecule has 150 valence electrons. The van der Waals surface area contributed by atoms with E-state index in [9.17, 15) is 13.6 Å². The van der Waals surface area contributed by atoms with Crippen molar-refractivity contribution in [1.82, 2.24) is 15.5 Å². The monoisotopic (exact) mass is 402 g/mol. The van der Waals surface area contributed by atoms with Crippen LogP contribution in [0.2, 0.25) is 5.02 Å². The van der Waals surface area contributed by atoms with Crippen LogP contribution in [0.5, 0.6) is 5.75 Å². The van der Waals surface area contributed by atoms with E-state index in [0.717, 1.165) is 25.9 Å². The van der Waals surface area contributed by atoms with Crippen molar-refractivity contribution in [2.24, 2.45) is 4.99 Å². The second-order valence-corrected chi connectivity index (χ2v) is 6.53. The summed E-state index contributed by atoms with van der Waals surface area (Å²) in [6.45, 7) is 1.83. The van der Waals surface area contributed by atoms with Crippen molar-refractivity contribution < 1.29 is 18.3 Å². The lowest BCUT2D eigenvalue weighted by molar-refractivity contribution is -0.129. The molecule has 0 aromatic heterocycles. The summed E-state index contributed by atoms with van der Waals surface area (Å²) in [6, 6.07) is 4.43. The van der Waals surface area contributed by atoms with Crippen molar-refractivity contribution in [2.45, 2.75) is 39.3 Å². The van der Waals surface area contributed by atoms with Gasteiger partial charge in [-0.1, -0.05) is 11.6 Å². The largest absolute Gasteiger partial charge is 0.434 e. The van der Waals surface area contributed by atoms with Gasteiger partial charge in [-0.05, 0) is 38.0 Å². The summed E-state index contributed by atoms with van der Waals surface area (Å²) in [5.74, 6) is 0.659.